The van der Waals surface area contributed by atoms with Gasteiger partial charge in [0.25, 0.3) is 10.1 Å². The fourth-order valence-electron chi connectivity index (χ4n) is 2.03. The Kier molecular flexibility index (Phi) is 2.91. The molecule has 0 bridgehead atoms. The quantitative estimate of drug-likeness (QED) is 0.762. The van der Waals surface area contributed by atoms with Crippen LogP contribution in [0, 0.1) is 0 Å². The van der Waals surface area contributed by atoms with E-state index in [2.05, 4.69) is 0 Å². The summed E-state index contributed by atoms with van der Waals surface area (Å²) in [5, 5.41) is 0. The molecule has 1 atom stereocenters. The molecule has 0 spiro atoms. The lowest BCUT2D eigenvalue weighted by atomic mass is 9.92. The lowest BCUT2D eigenvalue weighted by Crippen LogP contribution is -2.36. The molecule has 0 aliphatic carbocycles. The summed E-state index contributed by atoms with van der Waals surface area (Å²) in [5.41, 5.74) is 0.362. The Balaban J connectivity index is 2.40. The fourth-order valence-corrected chi connectivity index (χ4v) is 2.63. The second-order valence-electron chi connectivity index (χ2n) is 4.89. The zero-order valence-electron chi connectivity index (χ0n) is 10.1. The molecule has 1 aliphatic heterocycles. The maximum absolute atomic E-state index is 11.3. The SMILES string of the molecule is CC1(C)CC(OS(C)(=O)=O)c2ccccc2O1. The zero-order chi connectivity index (χ0) is 12.7. The average Bonchev–Trinajstić information content (AvgIpc) is 2.13. The van der Waals surface area contributed by atoms with Crippen LogP contribution in [0.2, 0.25) is 0 Å². The minimum absolute atomic E-state index is 0.427. The normalized spacial score (nSPS) is 22.6. The van der Waals surface area contributed by atoms with Crippen molar-refractivity contribution in [3.8, 4) is 5.75 Å². The van der Waals surface area contributed by atoms with Crippen LogP contribution < -0.4 is 4.74 Å². The number of para-hydroxylation sites is 1. The van der Waals surface area contributed by atoms with Crippen molar-refractivity contribution < 1.29 is 17.3 Å². The second kappa shape index (κ2) is 3.99. The van der Waals surface area contributed by atoms with Crippen molar-refractivity contribution in [2.75, 3.05) is 6.26 Å². The number of hydrogen-bond acceptors (Lipinski definition) is 4. The molecule has 0 N–H and O–H groups in total. The van der Waals surface area contributed by atoms with Gasteiger partial charge in [-0.25, -0.2) is 0 Å². The van der Waals surface area contributed by atoms with E-state index in [1.807, 2.05) is 38.1 Å². The van der Waals surface area contributed by atoms with E-state index >= 15 is 0 Å². The summed E-state index contributed by atoms with van der Waals surface area (Å²) in [6, 6.07) is 7.37. The van der Waals surface area contributed by atoms with Crippen molar-refractivity contribution in [1.29, 1.82) is 0 Å². The van der Waals surface area contributed by atoms with E-state index in [4.69, 9.17) is 8.92 Å². The molecule has 0 saturated heterocycles. The van der Waals surface area contributed by atoms with Crippen LogP contribution in [0.15, 0.2) is 24.3 Å². The van der Waals surface area contributed by atoms with E-state index in [1.165, 1.54) is 0 Å². The number of fused-ring (bicyclic) bond motifs is 1. The monoisotopic (exact) mass is 256 g/mol. The Bertz CT molecular complexity index is 519. The minimum atomic E-state index is -3.47. The van der Waals surface area contributed by atoms with Gasteiger partial charge in [-0.15, -0.1) is 0 Å². The summed E-state index contributed by atoms with van der Waals surface area (Å²) in [6.45, 7) is 3.84. The van der Waals surface area contributed by atoms with Crippen LogP contribution in [0.1, 0.15) is 31.9 Å². The minimum Gasteiger partial charge on any atom is -0.487 e. The van der Waals surface area contributed by atoms with Crippen molar-refractivity contribution in [3.05, 3.63) is 29.8 Å². The number of rotatable bonds is 2. The number of benzene rings is 1. The second-order valence-corrected chi connectivity index (χ2v) is 6.49. The highest BCUT2D eigenvalue weighted by Gasteiger charge is 2.35. The average molecular weight is 256 g/mol. The van der Waals surface area contributed by atoms with E-state index in [0.29, 0.717) is 12.2 Å². The first-order valence-corrected chi connectivity index (χ1v) is 7.25. The highest BCUT2D eigenvalue weighted by Crippen LogP contribution is 2.41. The summed E-state index contributed by atoms with van der Waals surface area (Å²) in [5.74, 6) is 0.692. The van der Waals surface area contributed by atoms with Crippen molar-refractivity contribution in [3.63, 3.8) is 0 Å². The molecule has 2 rings (SSSR count). The largest absolute Gasteiger partial charge is 0.487 e. The van der Waals surface area contributed by atoms with Gasteiger partial charge in [-0.2, -0.15) is 8.42 Å². The highest BCUT2D eigenvalue weighted by atomic mass is 32.2. The standard InChI is InChI=1S/C12H16O4S/c1-12(2)8-11(16-17(3,13)14)9-6-4-5-7-10(9)15-12/h4-7,11H,8H2,1-3H3. The molecule has 1 aliphatic rings. The van der Waals surface area contributed by atoms with Gasteiger partial charge in [0.1, 0.15) is 17.5 Å². The number of hydrogen-bond donors (Lipinski definition) is 0. The van der Waals surface area contributed by atoms with Gasteiger partial charge in [0, 0.05) is 12.0 Å². The van der Waals surface area contributed by atoms with Crippen LogP contribution in [0.4, 0.5) is 0 Å². The van der Waals surface area contributed by atoms with Crippen molar-refractivity contribution in [2.45, 2.75) is 32.0 Å². The molecule has 1 aromatic rings. The molecule has 5 heteroatoms. The fraction of sp³-hybridized carbons (Fsp3) is 0.500. The first-order valence-electron chi connectivity index (χ1n) is 5.43. The molecule has 1 heterocycles. The van der Waals surface area contributed by atoms with Crippen LogP contribution in [0.3, 0.4) is 0 Å². The molecule has 1 unspecified atom stereocenters. The van der Waals surface area contributed by atoms with Crippen LogP contribution in [0.5, 0.6) is 5.75 Å². The van der Waals surface area contributed by atoms with Crippen LogP contribution >= 0.6 is 0 Å². The Morgan fingerprint density at radius 3 is 2.65 bits per heavy atom. The van der Waals surface area contributed by atoms with E-state index < -0.39 is 21.8 Å². The van der Waals surface area contributed by atoms with Gasteiger partial charge in [-0.3, -0.25) is 4.18 Å². The zero-order valence-corrected chi connectivity index (χ0v) is 11.0. The molecule has 1 aromatic carbocycles. The van der Waals surface area contributed by atoms with Crippen molar-refractivity contribution in [2.24, 2.45) is 0 Å². The molecule has 0 fully saturated rings. The smallest absolute Gasteiger partial charge is 0.264 e. The molecule has 0 radical (unpaired) electrons. The van der Waals surface area contributed by atoms with Gasteiger partial charge in [0.2, 0.25) is 0 Å². The third-order valence-electron chi connectivity index (χ3n) is 2.62. The van der Waals surface area contributed by atoms with Crippen LogP contribution in [-0.2, 0) is 14.3 Å². The molecular weight excluding hydrogens is 240 g/mol. The van der Waals surface area contributed by atoms with Crippen molar-refractivity contribution in [1.82, 2.24) is 0 Å². The Labute approximate surface area is 102 Å². The summed E-state index contributed by atoms with van der Waals surface area (Å²) < 4.78 is 33.4. The van der Waals surface area contributed by atoms with Crippen LogP contribution in [0.25, 0.3) is 0 Å². The first kappa shape index (κ1) is 12.4. The predicted molar refractivity (Wildman–Crippen MR) is 64.4 cm³/mol. The van der Waals surface area contributed by atoms with Crippen molar-refractivity contribution >= 4 is 10.1 Å². The van der Waals surface area contributed by atoms with E-state index in [-0.39, 0.29) is 0 Å². The van der Waals surface area contributed by atoms with Gasteiger partial charge in [-0.1, -0.05) is 18.2 Å². The van der Waals surface area contributed by atoms with E-state index in [9.17, 15) is 8.42 Å². The van der Waals surface area contributed by atoms with Gasteiger partial charge in [0.05, 0.1) is 6.26 Å². The maximum atomic E-state index is 11.3. The van der Waals surface area contributed by atoms with E-state index in [0.717, 1.165) is 11.8 Å². The predicted octanol–water partition coefficient (Wildman–Crippen LogP) is 2.27. The molecule has 4 nitrogen and oxygen atoms in total. The molecule has 0 amide bonds. The maximum Gasteiger partial charge on any atom is 0.264 e. The summed E-state index contributed by atoms with van der Waals surface area (Å²) in [6.07, 6.45) is 1.11. The highest BCUT2D eigenvalue weighted by molar-refractivity contribution is 7.86. The Morgan fingerprint density at radius 1 is 1.35 bits per heavy atom. The molecular formula is C12H16O4S. The molecule has 0 aromatic heterocycles. The third-order valence-corrected chi connectivity index (χ3v) is 3.20. The summed E-state index contributed by atoms with van der Waals surface area (Å²) in [4.78, 5) is 0. The Morgan fingerprint density at radius 2 is 2.00 bits per heavy atom. The number of ether oxygens (including phenoxy) is 1. The molecule has 94 valence electrons. The van der Waals surface area contributed by atoms with E-state index in [1.54, 1.807) is 0 Å². The molecule has 0 saturated carbocycles. The van der Waals surface area contributed by atoms with Gasteiger partial charge in [0.15, 0.2) is 0 Å². The third kappa shape index (κ3) is 2.98. The van der Waals surface area contributed by atoms with Gasteiger partial charge >= 0.3 is 0 Å². The lowest BCUT2D eigenvalue weighted by Gasteiger charge is -2.36. The summed E-state index contributed by atoms with van der Waals surface area (Å²) in [7, 11) is -3.47. The Hall–Kier alpha value is -1.07. The summed E-state index contributed by atoms with van der Waals surface area (Å²) >= 11 is 0. The topological polar surface area (TPSA) is 52.6 Å². The van der Waals surface area contributed by atoms with Crippen LogP contribution in [-0.4, -0.2) is 20.3 Å². The lowest BCUT2D eigenvalue weighted by molar-refractivity contribution is 0.0249. The van der Waals surface area contributed by atoms with Gasteiger partial charge in [-0.05, 0) is 19.9 Å². The van der Waals surface area contributed by atoms with Gasteiger partial charge < -0.3 is 4.74 Å². The molecule has 17 heavy (non-hydrogen) atoms. The first-order chi connectivity index (χ1) is 7.77.